The van der Waals surface area contributed by atoms with Crippen LogP contribution in [0.25, 0.3) is 5.76 Å². The van der Waals surface area contributed by atoms with Crippen LogP contribution >= 0.6 is 0 Å². The second-order valence-corrected chi connectivity index (χ2v) is 8.52. The third kappa shape index (κ3) is 3.57. The highest BCUT2D eigenvalue weighted by Gasteiger charge is 2.47. The third-order valence-electron chi connectivity index (χ3n) is 6.25. The van der Waals surface area contributed by atoms with E-state index in [0.717, 1.165) is 35.3 Å². The van der Waals surface area contributed by atoms with Gasteiger partial charge in [0.15, 0.2) is 0 Å². The van der Waals surface area contributed by atoms with E-state index in [9.17, 15) is 14.7 Å². The molecule has 0 saturated carbocycles. The van der Waals surface area contributed by atoms with Gasteiger partial charge >= 0.3 is 0 Å². The molecule has 2 aliphatic rings. The number of rotatable bonds is 3. The van der Waals surface area contributed by atoms with E-state index in [2.05, 4.69) is 4.98 Å². The summed E-state index contributed by atoms with van der Waals surface area (Å²) in [6.07, 6.45) is 4.99. The smallest absolute Gasteiger partial charge is 0.300 e. The van der Waals surface area contributed by atoms with Crippen LogP contribution in [0.4, 0.5) is 5.69 Å². The number of amides is 1. The van der Waals surface area contributed by atoms with Crippen LogP contribution < -0.4 is 9.64 Å². The van der Waals surface area contributed by atoms with Gasteiger partial charge in [-0.15, -0.1) is 0 Å². The Morgan fingerprint density at radius 1 is 1.12 bits per heavy atom. The number of fused-ring (bicyclic) bond motifs is 1. The Kier molecular flexibility index (Phi) is 5.21. The van der Waals surface area contributed by atoms with Crippen LogP contribution in [-0.2, 0) is 16.0 Å². The van der Waals surface area contributed by atoms with Crippen molar-refractivity contribution in [3.8, 4) is 5.75 Å². The molecule has 1 saturated heterocycles. The molecule has 1 fully saturated rings. The minimum absolute atomic E-state index is 0.0607. The number of aryl methyl sites for hydroxylation is 3. The van der Waals surface area contributed by atoms with Gasteiger partial charge < -0.3 is 9.84 Å². The molecule has 166 valence electrons. The minimum atomic E-state index is -0.786. The molecule has 3 heterocycles. The summed E-state index contributed by atoms with van der Waals surface area (Å²) >= 11 is 0. The molecule has 1 atom stereocenters. The van der Waals surface area contributed by atoms with E-state index in [0.29, 0.717) is 23.4 Å². The Labute approximate surface area is 192 Å². The molecule has 1 amide bonds. The van der Waals surface area contributed by atoms with Gasteiger partial charge in [0.05, 0.1) is 18.2 Å². The van der Waals surface area contributed by atoms with Gasteiger partial charge in [-0.2, -0.15) is 0 Å². The Morgan fingerprint density at radius 3 is 2.76 bits per heavy atom. The number of carbonyl (C=O) groups is 2. The third-order valence-corrected chi connectivity index (χ3v) is 6.25. The number of hydrogen-bond acceptors (Lipinski definition) is 5. The fraction of sp³-hybridized carbons (Fsp3) is 0.222. The van der Waals surface area contributed by atoms with Gasteiger partial charge in [-0.25, -0.2) is 0 Å². The molecule has 2 aliphatic heterocycles. The van der Waals surface area contributed by atoms with E-state index in [1.807, 2.05) is 50.2 Å². The van der Waals surface area contributed by atoms with Crippen LogP contribution in [0.1, 0.15) is 40.3 Å². The van der Waals surface area contributed by atoms with Crippen LogP contribution in [0.15, 0.2) is 66.5 Å². The largest absolute Gasteiger partial charge is 0.507 e. The topological polar surface area (TPSA) is 79.7 Å². The number of aliphatic hydroxyl groups excluding tert-OH is 1. The van der Waals surface area contributed by atoms with E-state index in [1.54, 1.807) is 24.5 Å². The maximum atomic E-state index is 13.3. The van der Waals surface area contributed by atoms with E-state index >= 15 is 0 Å². The first-order valence-corrected chi connectivity index (χ1v) is 11.0. The van der Waals surface area contributed by atoms with E-state index < -0.39 is 17.7 Å². The van der Waals surface area contributed by atoms with Crippen LogP contribution in [-0.4, -0.2) is 28.4 Å². The predicted octanol–water partition coefficient (Wildman–Crippen LogP) is 4.65. The molecule has 5 rings (SSSR count). The van der Waals surface area contributed by atoms with Gasteiger partial charge in [0, 0.05) is 23.6 Å². The van der Waals surface area contributed by atoms with Gasteiger partial charge in [-0.3, -0.25) is 19.5 Å². The van der Waals surface area contributed by atoms with Crippen molar-refractivity contribution in [3.63, 3.8) is 0 Å². The summed E-state index contributed by atoms with van der Waals surface area (Å²) in [6.45, 7) is 4.51. The molecule has 1 N–H and O–H groups in total. The van der Waals surface area contributed by atoms with Crippen LogP contribution in [0.2, 0.25) is 0 Å². The number of carbonyl (C=O) groups excluding carboxylic acids is 2. The Morgan fingerprint density at radius 2 is 1.97 bits per heavy atom. The SMILES string of the molecule is Cc1ccc(C)c(N2C(=O)C(=O)/C(=C(\O)c3ccc4c(c3)CCCO4)C2c2cccnc2)c1. The van der Waals surface area contributed by atoms with E-state index in [-0.39, 0.29) is 11.3 Å². The van der Waals surface area contributed by atoms with Crippen molar-refractivity contribution < 1.29 is 19.4 Å². The van der Waals surface area contributed by atoms with Crippen molar-refractivity contribution in [2.24, 2.45) is 0 Å². The molecule has 0 aliphatic carbocycles. The first kappa shape index (κ1) is 20.9. The molecule has 1 aromatic heterocycles. The summed E-state index contributed by atoms with van der Waals surface area (Å²) in [5.41, 5.74) is 4.66. The molecular formula is C27H24N2O4. The predicted molar refractivity (Wildman–Crippen MR) is 125 cm³/mol. The second kappa shape index (κ2) is 8.20. The Bertz CT molecular complexity index is 1300. The number of benzene rings is 2. The molecule has 3 aromatic rings. The molecule has 6 heteroatoms. The highest BCUT2D eigenvalue weighted by molar-refractivity contribution is 6.51. The monoisotopic (exact) mass is 440 g/mol. The van der Waals surface area contributed by atoms with Crippen molar-refractivity contribution in [2.45, 2.75) is 32.7 Å². The molecule has 2 aromatic carbocycles. The molecule has 6 nitrogen and oxygen atoms in total. The van der Waals surface area contributed by atoms with Gasteiger partial charge in [0.25, 0.3) is 11.7 Å². The zero-order chi connectivity index (χ0) is 23.1. The number of ketones is 1. The number of aromatic nitrogens is 1. The average Bonchev–Trinajstić information content (AvgIpc) is 3.10. The molecule has 0 spiro atoms. The summed E-state index contributed by atoms with van der Waals surface area (Å²) < 4.78 is 5.68. The number of hydrogen-bond donors (Lipinski definition) is 1. The molecule has 0 bridgehead atoms. The molecule has 1 unspecified atom stereocenters. The number of nitrogens with zero attached hydrogens (tertiary/aromatic N) is 2. The van der Waals surface area contributed by atoms with Crippen LogP contribution in [0.5, 0.6) is 5.75 Å². The number of aliphatic hydroxyl groups is 1. The highest BCUT2D eigenvalue weighted by atomic mass is 16.5. The maximum absolute atomic E-state index is 13.3. The zero-order valence-corrected chi connectivity index (χ0v) is 18.5. The first-order chi connectivity index (χ1) is 16.0. The average molecular weight is 440 g/mol. The van der Waals surface area contributed by atoms with Crippen molar-refractivity contribution in [1.29, 1.82) is 0 Å². The van der Waals surface area contributed by atoms with Gasteiger partial charge in [-0.05, 0) is 79.3 Å². The number of ether oxygens (including phenoxy) is 1. The fourth-order valence-corrected chi connectivity index (χ4v) is 4.58. The number of Topliss-reactive ketones (excluding diaryl/α,β-unsaturated/α-hetero) is 1. The van der Waals surface area contributed by atoms with Gasteiger partial charge in [0.1, 0.15) is 11.5 Å². The van der Waals surface area contributed by atoms with Gasteiger partial charge in [-0.1, -0.05) is 18.2 Å². The molecule has 33 heavy (non-hydrogen) atoms. The standard InChI is InChI=1S/C27H24N2O4/c1-16-7-8-17(2)21(13-16)29-24(20-5-3-11-28-15-20)23(26(31)27(29)32)25(30)19-9-10-22-18(14-19)6-4-12-33-22/h3,5,7-11,13-15,24,30H,4,6,12H2,1-2H3/b25-23-. The number of pyridine rings is 1. The summed E-state index contributed by atoms with van der Waals surface area (Å²) in [7, 11) is 0. The van der Waals surface area contributed by atoms with Crippen molar-refractivity contribution in [3.05, 3.63) is 94.3 Å². The van der Waals surface area contributed by atoms with E-state index in [1.165, 1.54) is 4.90 Å². The maximum Gasteiger partial charge on any atom is 0.300 e. The van der Waals surface area contributed by atoms with Crippen LogP contribution in [0, 0.1) is 13.8 Å². The summed E-state index contributed by atoms with van der Waals surface area (Å²) in [5.74, 6) is -0.780. The van der Waals surface area contributed by atoms with Crippen molar-refractivity contribution in [1.82, 2.24) is 4.98 Å². The lowest BCUT2D eigenvalue weighted by Gasteiger charge is -2.27. The van der Waals surface area contributed by atoms with Crippen molar-refractivity contribution >= 4 is 23.1 Å². The Hall–Kier alpha value is -3.93. The summed E-state index contributed by atoms with van der Waals surface area (Å²) in [6, 6.07) is 13.9. The quantitative estimate of drug-likeness (QED) is 0.364. The normalized spacial score (nSPS) is 19.3. The lowest BCUT2D eigenvalue weighted by atomic mass is 9.94. The minimum Gasteiger partial charge on any atom is -0.507 e. The fourth-order valence-electron chi connectivity index (χ4n) is 4.58. The lowest BCUT2D eigenvalue weighted by molar-refractivity contribution is -0.132. The summed E-state index contributed by atoms with van der Waals surface area (Å²) in [5, 5.41) is 11.3. The van der Waals surface area contributed by atoms with E-state index in [4.69, 9.17) is 4.74 Å². The number of anilines is 1. The first-order valence-electron chi connectivity index (χ1n) is 11.0. The van der Waals surface area contributed by atoms with Gasteiger partial charge in [0.2, 0.25) is 0 Å². The van der Waals surface area contributed by atoms with Crippen molar-refractivity contribution in [2.75, 3.05) is 11.5 Å². The second-order valence-electron chi connectivity index (χ2n) is 8.52. The molecular weight excluding hydrogens is 416 g/mol. The summed E-state index contributed by atoms with van der Waals surface area (Å²) in [4.78, 5) is 32.3. The molecule has 0 radical (unpaired) electrons. The lowest BCUT2D eigenvalue weighted by Crippen LogP contribution is -2.30. The van der Waals surface area contributed by atoms with Crippen LogP contribution in [0.3, 0.4) is 0 Å². The highest BCUT2D eigenvalue weighted by Crippen LogP contribution is 2.43. The Balaban J connectivity index is 1.71. The zero-order valence-electron chi connectivity index (χ0n) is 18.5.